The minimum Gasteiger partial charge on any atom is -0.480 e. The molecule has 0 bridgehead atoms. The van der Waals surface area contributed by atoms with Crippen LogP contribution in [0.4, 0.5) is 4.39 Å². The highest BCUT2D eigenvalue weighted by Crippen LogP contribution is 2.05. The van der Waals surface area contributed by atoms with E-state index in [2.05, 4.69) is 4.98 Å². The topological polar surface area (TPSA) is 76.2 Å². The standard InChI is InChI=1S/C8H9FN2O2/c9-7-5(2-1-3-11-7)4-6(10)8(12)13/h1-3,6H,4,10H2,(H,12,13). The molecule has 0 amide bonds. The first kappa shape index (κ1) is 9.60. The van der Waals surface area contributed by atoms with Gasteiger partial charge in [-0.25, -0.2) is 4.98 Å². The van der Waals surface area contributed by atoms with Gasteiger partial charge in [-0.2, -0.15) is 4.39 Å². The van der Waals surface area contributed by atoms with Gasteiger partial charge < -0.3 is 10.8 Å². The number of carbonyl (C=O) groups is 1. The minimum atomic E-state index is -1.15. The maximum atomic E-state index is 12.9. The van der Waals surface area contributed by atoms with Crippen LogP contribution in [0.1, 0.15) is 5.56 Å². The average Bonchev–Trinajstić information content (AvgIpc) is 2.08. The number of carboxylic acids is 1. The lowest BCUT2D eigenvalue weighted by Gasteiger charge is -2.05. The number of nitrogens with zero attached hydrogens (tertiary/aromatic N) is 1. The van der Waals surface area contributed by atoms with Crippen molar-refractivity contribution in [3.8, 4) is 0 Å². The van der Waals surface area contributed by atoms with Crippen molar-refractivity contribution in [2.24, 2.45) is 5.73 Å². The van der Waals surface area contributed by atoms with Gasteiger partial charge in [0.25, 0.3) is 0 Å². The van der Waals surface area contributed by atoms with Gasteiger partial charge in [0.15, 0.2) is 0 Å². The van der Waals surface area contributed by atoms with Crippen molar-refractivity contribution in [2.75, 3.05) is 0 Å². The molecule has 1 aromatic heterocycles. The Balaban J connectivity index is 2.74. The Kier molecular flexibility index (Phi) is 2.92. The van der Waals surface area contributed by atoms with Gasteiger partial charge in [0, 0.05) is 18.2 Å². The molecule has 0 fully saturated rings. The molecule has 0 aliphatic heterocycles. The molecule has 0 saturated heterocycles. The van der Waals surface area contributed by atoms with Crippen molar-refractivity contribution in [3.05, 3.63) is 29.8 Å². The summed E-state index contributed by atoms with van der Waals surface area (Å²) < 4.78 is 12.9. The quantitative estimate of drug-likeness (QED) is 0.657. The molecule has 1 rings (SSSR count). The van der Waals surface area contributed by atoms with Crippen molar-refractivity contribution in [2.45, 2.75) is 12.5 Å². The number of hydrogen-bond donors (Lipinski definition) is 2. The summed E-state index contributed by atoms with van der Waals surface area (Å²) in [6, 6.07) is 1.91. The van der Waals surface area contributed by atoms with Crippen LogP contribution in [-0.2, 0) is 11.2 Å². The van der Waals surface area contributed by atoms with Gasteiger partial charge >= 0.3 is 5.97 Å². The van der Waals surface area contributed by atoms with Crippen LogP contribution in [-0.4, -0.2) is 22.1 Å². The largest absolute Gasteiger partial charge is 0.480 e. The Morgan fingerprint density at radius 2 is 2.46 bits per heavy atom. The van der Waals surface area contributed by atoms with E-state index in [-0.39, 0.29) is 12.0 Å². The predicted molar refractivity (Wildman–Crippen MR) is 43.5 cm³/mol. The molecule has 0 spiro atoms. The fraction of sp³-hybridized carbons (Fsp3) is 0.250. The molecule has 0 aliphatic rings. The zero-order chi connectivity index (χ0) is 9.84. The van der Waals surface area contributed by atoms with Gasteiger partial charge in [0.2, 0.25) is 5.95 Å². The van der Waals surface area contributed by atoms with Gasteiger partial charge in [-0.1, -0.05) is 6.07 Å². The predicted octanol–water partition coefficient (Wildman–Crippen LogP) is 0.175. The maximum Gasteiger partial charge on any atom is 0.320 e. The molecule has 4 nitrogen and oxygen atoms in total. The third-order valence-electron chi connectivity index (χ3n) is 1.59. The van der Waals surface area contributed by atoms with Crippen LogP contribution in [0, 0.1) is 5.95 Å². The fourth-order valence-corrected chi connectivity index (χ4v) is 0.896. The zero-order valence-corrected chi connectivity index (χ0v) is 6.77. The van der Waals surface area contributed by atoms with E-state index in [1.165, 1.54) is 18.3 Å². The number of rotatable bonds is 3. The van der Waals surface area contributed by atoms with E-state index in [0.717, 1.165) is 0 Å². The summed E-state index contributed by atoms with van der Waals surface area (Å²) in [5.41, 5.74) is 5.44. The molecule has 5 heteroatoms. The smallest absolute Gasteiger partial charge is 0.320 e. The van der Waals surface area contributed by atoms with Gasteiger partial charge in [-0.3, -0.25) is 4.79 Å². The lowest BCUT2D eigenvalue weighted by atomic mass is 10.1. The molecule has 0 aromatic carbocycles. The van der Waals surface area contributed by atoms with Crippen LogP contribution in [0.15, 0.2) is 18.3 Å². The molecular weight excluding hydrogens is 175 g/mol. The molecule has 3 N–H and O–H groups in total. The monoisotopic (exact) mass is 184 g/mol. The number of halogens is 1. The van der Waals surface area contributed by atoms with Crippen LogP contribution in [0.25, 0.3) is 0 Å². The SMILES string of the molecule is NC(Cc1cccnc1F)C(=O)O. The summed E-state index contributed by atoms with van der Waals surface area (Å²) in [6.07, 6.45) is 1.25. The normalized spacial score (nSPS) is 12.5. The molecule has 1 atom stereocenters. The lowest BCUT2D eigenvalue weighted by Crippen LogP contribution is -2.32. The second-order valence-corrected chi connectivity index (χ2v) is 2.60. The van der Waals surface area contributed by atoms with Gasteiger partial charge in [-0.05, 0) is 6.07 Å². The average molecular weight is 184 g/mol. The van der Waals surface area contributed by atoms with Crippen LogP contribution in [0.5, 0.6) is 0 Å². The number of carboxylic acid groups (broad SMARTS) is 1. The highest BCUT2D eigenvalue weighted by molar-refractivity contribution is 5.73. The van der Waals surface area contributed by atoms with Crippen molar-refractivity contribution in [3.63, 3.8) is 0 Å². The van der Waals surface area contributed by atoms with Crippen molar-refractivity contribution >= 4 is 5.97 Å². The molecule has 0 aliphatic carbocycles. The summed E-state index contributed by atoms with van der Waals surface area (Å²) in [5.74, 6) is -1.82. The summed E-state index contributed by atoms with van der Waals surface area (Å²) in [5, 5.41) is 8.47. The van der Waals surface area contributed by atoms with E-state index < -0.39 is 18.0 Å². The van der Waals surface area contributed by atoms with Crippen LogP contribution < -0.4 is 5.73 Å². The summed E-state index contributed by atoms with van der Waals surface area (Å²) in [4.78, 5) is 13.7. The molecule has 1 aromatic rings. The van der Waals surface area contributed by atoms with Gasteiger partial charge in [0.1, 0.15) is 6.04 Å². The Morgan fingerprint density at radius 3 is 3.00 bits per heavy atom. The first-order valence-electron chi connectivity index (χ1n) is 3.69. The molecule has 0 saturated carbocycles. The van der Waals surface area contributed by atoms with Gasteiger partial charge in [0.05, 0.1) is 0 Å². The van der Waals surface area contributed by atoms with E-state index in [9.17, 15) is 9.18 Å². The number of aliphatic carboxylic acids is 1. The second kappa shape index (κ2) is 3.95. The third kappa shape index (κ3) is 2.48. The molecule has 1 unspecified atom stereocenters. The lowest BCUT2D eigenvalue weighted by molar-refractivity contribution is -0.138. The third-order valence-corrected chi connectivity index (χ3v) is 1.59. The van der Waals surface area contributed by atoms with Crippen molar-refractivity contribution in [1.82, 2.24) is 4.98 Å². The van der Waals surface area contributed by atoms with Gasteiger partial charge in [-0.15, -0.1) is 0 Å². The zero-order valence-electron chi connectivity index (χ0n) is 6.77. The van der Waals surface area contributed by atoms with Crippen LogP contribution in [0.3, 0.4) is 0 Å². The van der Waals surface area contributed by atoms with Crippen molar-refractivity contribution < 1.29 is 14.3 Å². The summed E-state index contributed by atoms with van der Waals surface area (Å²) in [7, 11) is 0. The van der Waals surface area contributed by atoms with E-state index in [0.29, 0.717) is 0 Å². The van der Waals surface area contributed by atoms with E-state index in [1.807, 2.05) is 0 Å². The van der Waals surface area contributed by atoms with Crippen LogP contribution >= 0.6 is 0 Å². The Labute approximate surface area is 74.2 Å². The highest BCUT2D eigenvalue weighted by Gasteiger charge is 2.14. The maximum absolute atomic E-state index is 12.9. The Morgan fingerprint density at radius 1 is 1.77 bits per heavy atom. The molecule has 13 heavy (non-hydrogen) atoms. The number of nitrogens with two attached hydrogens (primary N) is 1. The molecular formula is C8H9FN2O2. The molecule has 70 valence electrons. The number of aromatic nitrogens is 1. The first-order chi connectivity index (χ1) is 6.11. The molecule has 0 radical (unpaired) electrons. The Hall–Kier alpha value is -1.49. The molecule has 1 heterocycles. The summed E-state index contributed by atoms with van der Waals surface area (Å²) in [6.45, 7) is 0. The summed E-state index contributed by atoms with van der Waals surface area (Å²) >= 11 is 0. The first-order valence-corrected chi connectivity index (χ1v) is 3.69. The van der Waals surface area contributed by atoms with E-state index in [4.69, 9.17) is 10.8 Å². The fourth-order valence-electron chi connectivity index (χ4n) is 0.896. The van der Waals surface area contributed by atoms with Crippen LogP contribution in [0.2, 0.25) is 0 Å². The number of hydrogen-bond acceptors (Lipinski definition) is 3. The van der Waals surface area contributed by atoms with E-state index >= 15 is 0 Å². The highest BCUT2D eigenvalue weighted by atomic mass is 19.1. The number of pyridine rings is 1. The van der Waals surface area contributed by atoms with Crippen molar-refractivity contribution in [1.29, 1.82) is 0 Å². The Bertz CT molecular complexity index is 317. The minimum absolute atomic E-state index is 0.0466. The second-order valence-electron chi connectivity index (χ2n) is 2.60. The van der Waals surface area contributed by atoms with E-state index in [1.54, 1.807) is 0 Å².